The first-order valence-electron chi connectivity index (χ1n) is 6.82. The van der Waals surface area contributed by atoms with E-state index in [0.29, 0.717) is 0 Å². The molecule has 1 nitrogen and oxygen atoms in total. The Morgan fingerprint density at radius 3 is 2.81 bits per heavy atom. The summed E-state index contributed by atoms with van der Waals surface area (Å²) in [6.07, 6.45) is 12.9. The highest BCUT2D eigenvalue weighted by Crippen LogP contribution is 2.25. The molecule has 2 heteroatoms. The summed E-state index contributed by atoms with van der Waals surface area (Å²) in [5.41, 5.74) is 1.55. The summed E-state index contributed by atoms with van der Waals surface area (Å²) in [6.45, 7) is 0.939. The molecule has 0 amide bonds. The molecule has 2 fully saturated rings. The molecule has 1 unspecified atom stereocenters. The van der Waals surface area contributed by atoms with Gasteiger partial charge in [-0.25, -0.2) is 0 Å². The summed E-state index contributed by atoms with van der Waals surface area (Å²) >= 11 is 2.12. The van der Waals surface area contributed by atoms with E-state index in [-0.39, 0.29) is 0 Å². The van der Waals surface area contributed by atoms with E-state index in [1.807, 2.05) is 0 Å². The van der Waals surface area contributed by atoms with Gasteiger partial charge in [-0.3, -0.25) is 0 Å². The van der Waals surface area contributed by atoms with Crippen LogP contribution in [0.1, 0.15) is 51.4 Å². The average molecular weight is 240 g/mol. The number of thioether (sulfide) groups is 1. The molecule has 2 rings (SSSR count). The molecule has 0 aromatic rings. The third kappa shape index (κ3) is 4.40. The molecule has 0 spiro atoms. The molecule has 2 aliphatic rings. The largest absolute Gasteiger partial charge is 0.501 e. The van der Waals surface area contributed by atoms with Gasteiger partial charge in [-0.1, -0.05) is 6.42 Å². The van der Waals surface area contributed by atoms with Crippen LogP contribution in [0.5, 0.6) is 0 Å². The Hall–Kier alpha value is -0.110. The topological polar surface area (TPSA) is 9.23 Å². The molecule has 0 radical (unpaired) electrons. The molecule has 1 atom stereocenters. The summed E-state index contributed by atoms with van der Waals surface area (Å²) in [5, 5.41) is 0. The van der Waals surface area contributed by atoms with E-state index in [1.54, 1.807) is 5.57 Å². The minimum atomic E-state index is 0.920. The predicted molar refractivity (Wildman–Crippen MR) is 71.8 cm³/mol. The van der Waals surface area contributed by atoms with E-state index in [1.165, 1.54) is 62.9 Å². The van der Waals surface area contributed by atoms with Gasteiger partial charge in [0.15, 0.2) is 0 Å². The van der Waals surface area contributed by atoms with Crippen molar-refractivity contribution in [2.24, 2.45) is 5.92 Å². The Labute approximate surface area is 104 Å². The minimum Gasteiger partial charge on any atom is -0.501 e. The van der Waals surface area contributed by atoms with Gasteiger partial charge >= 0.3 is 0 Å². The second-order valence-corrected chi connectivity index (χ2v) is 6.23. The summed E-state index contributed by atoms with van der Waals surface area (Å²) in [7, 11) is 0. The monoisotopic (exact) mass is 240 g/mol. The Bertz CT molecular complexity index is 211. The van der Waals surface area contributed by atoms with Gasteiger partial charge in [0.25, 0.3) is 0 Å². The molecule has 1 saturated heterocycles. The molecular formula is C14H24OS. The summed E-state index contributed by atoms with van der Waals surface area (Å²) in [6, 6.07) is 0. The molecular weight excluding hydrogens is 216 g/mol. The molecule has 1 aliphatic carbocycles. The van der Waals surface area contributed by atoms with Crippen molar-refractivity contribution in [2.75, 3.05) is 18.1 Å². The van der Waals surface area contributed by atoms with Crippen LogP contribution in [0.3, 0.4) is 0 Å². The lowest BCUT2D eigenvalue weighted by molar-refractivity contribution is 0.218. The highest BCUT2D eigenvalue weighted by atomic mass is 32.2. The number of rotatable bonds is 4. The Morgan fingerprint density at radius 2 is 2.06 bits per heavy atom. The molecule has 16 heavy (non-hydrogen) atoms. The summed E-state index contributed by atoms with van der Waals surface area (Å²) < 4.78 is 5.70. The van der Waals surface area contributed by atoms with Crippen molar-refractivity contribution in [3.63, 3.8) is 0 Å². The van der Waals surface area contributed by atoms with Gasteiger partial charge in [-0.15, -0.1) is 0 Å². The number of hydrogen-bond donors (Lipinski definition) is 0. The second-order valence-electron chi connectivity index (χ2n) is 5.08. The van der Waals surface area contributed by atoms with E-state index in [0.717, 1.165) is 12.5 Å². The SMILES string of the molecule is C(OCCC1CCCSC1)=C1CCCCC1. The van der Waals surface area contributed by atoms with E-state index in [2.05, 4.69) is 18.0 Å². The van der Waals surface area contributed by atoms with Crippen molar-refractivity contribution in [2.45, 2.75) is 51.4 Å². The third-order valence-corrected chi connectivity index (χ3v) is 4.93. The molecule has 1 aliphatic heterocycles. The fraction of sp³-hybridized carbons (Fsp3) is 0.857. The van der Waals surface area contributed by atoms with Gasteiger partial charge in [-0.05, 0) is 67.9 Å². The van der Waals surface area contributed by atoms with Crippen molar-refractivity contribution >= 4 is 11.8 Å². The summed E-state index contributed by atoms with van der Waals surface area (Å²) in [5.74, 6) is 3.66. The Kier molecular flexibility index (Phi) is 5.60. The third-order valence-electron chi connectivity index (χ3n) is 3.64. The number of hydrogen-bond acceptors (Lipinski definition) is 2. The second kappa shape index (κ2) is 7.26. The predicted octanol–water partition coefficient (Wildman–Crippen LogP) is 4.38. The maximum absolute atomic E-state index is 5.70. The fourth-order valence-corrected chi connectivity index (χ4v) is 3.77. The Balaban J connectivity index is 1.56. The lowest BCUT2D eigenvalue weighted by Crippen LogP contribution is -2.12. The highest BCUT2D eigenvalue weighted by Gasteiger charge is 2.13. The lowest BCUT2D eigenvalue weighted by Gasteiger charge is -2.21. The van der Waals surface area contributed by atoms with Crippen LogP contribution in [0.4, 0.5) is 0 Å². The maximum atomic E-state index is 5.70. The molecule has 0 N–H and O–H groups in total. The lowest BCUT2D eigenvalue weighted by atomic mass is 9.96. The highest BCUT2D eigenvalue weighted by molar-refractivity contribution is 7.99. The molecule has 1 saturated carbocycles. The smallest absolute Gasteiger partial charge is 0.0876 e. The van der Waals surface area contributed by atoms with E-state index in [4.69, 9.17) is 4.74 Å². The van der Waals surface area contributed by atoms with Gasteiger partial charge in [0.05, 0.1) is 12.9 Å². The van der Waals surface area contributed by atoms with Crippen LogP contribution in [-0.2, 0) is 4.74 Å². The molecule has 1 heterocycles. The Morgan fingerprint density at radius 1 is 1.19 bits per heavy atom. The van der Waals surface area contributed by atoms with Gasteiger partial charge in [-0.2, -0.15) is 11.8 Å². The van der Waals surface area contributed by atoms with Crippen molar-refractivity contribution in [1.29, 1.82) is 0 Å². The number of ether oxygens (including phenoxy) is 1. The zero-order valence-electron chi connectivity index (χ0n) is 10.2. The van der Waals surface area contributed by atoms with Crippen LogP contribution in [0, 0.1) is 5.92 Å². The van der Waals surface area contributed by atoms with Crippen LogP contribution >= 0.6 is 11.8 Å². The fourth-order valence-electron chi connectivity index (χ4n) is 2.57. The van der Waals surface area contributed by atoms with Crippen LogP contribution in [0.15, 0.2) is 11.8 Å². The van der Waals surface area contributed by atoms with Crippen molar-refractivity contribution in [3.05, 3.63) is 11.8 Å². The first-order valence-corrected chi connectivity index (χ1v) is 7.98. The minimum absolute atomic E-state index is 0.920. The van der Waals surface area contributed by atoms with Crippen LogP contribution in [-0.4, -0.2) is 18.1 Å². The summed E-state index contributed by atoms with van der Waals surface area (Å²) in [4.78, 5) is 0. The zero-order valence-corrected chi connectivity index (χ0v) is 11.1. The van der Waals surface area contributed by atoms with Gasteiger partial charge < -0.3 is 4.74 Å². The van der Waals surface area contributed by atoms with E-state index >= 15 is 0 Å². The van der Waals surface area contributed by atoms with Crippen molar-refractivity contribution in [1.82, 2.24) is 0 Å². The van der Waals surface area contributed by atoms with Crippen LogP contribution < -0.4 is 0 Å². The van der Waals surface area contributed by atoms with Crippen molar-refractivity contribution < 1.29 is 4.74 Å². The van der Waals surface area contributed by atoms with Gasteiger partial charge in [0, 0.05) is 0 Å². The van der Waals surface area contributed by atoms with Gasteiger partial charge in [0.1, 0.15) is 0 Å². The first-order chi connectivity index (χ1) is 7.95. The van der Waals surface area contributed by atoms with Gasteiger partial charge in [0.2, 0.25) is 0 Å². The maximum Gasteiger partial charge on any atom is 0.0876 e. The molecule has 0 aromatic heterocycles. The molecule has 0 aromatic carbocycles. The van der Waals surface area contributed by atoms with E-state index in [9.17, 15) is 0 Å². The van der Waals surface area contributed by atoms with Crippen molar-refractivity contribution in [3.8, 4) is 0 Å². The molecule has 0 bridgehead atoms. The van der Waals surface area contributed by atoms with Crippen LogP contribution in [0.2, 0.25) is 0 Å². The van der Waals surface area contributed by atoms with Crippen LogP contribution in [0.25, 0.3) is 0 Å². The quantitative estimate of drug-likeness (QED) is 0.532. The first kappa shape index (κ1) is 12.3. The zero-order chi connectivity index (χ0) is 11.1. The molecule has 92 valence electrons. The standard InChI is InChI=1S/C14H24OS/c1-2-5-13(6-3-1)11-15-9-8-14-7-4-10-16-12-14/h11,14H,1-10,12H2. The normalized spacial score (nSPS) is 26.5. The van der Waals surface area contributed by atoms with E-state index < -0.39 is 0 Å². The average Bonchev–Trinajstić information content (AvgIpc) is 2.37. The number of allylic oxidation sites excluding steroid dienone is 1.